The average molecular weight is 309 g/mol. The van der Waals surface area contributed by atoms with Gasteiger partial charge in [0.2, 0.25) is 0 Å². The standard InChI is InChI=1S/C12H12BrF3O/c13-10-6-5-8(12(14,15)16)7-11(10)17-9-3-1-2-4-9/h5-7,9H,1-4H2. The van der Waals surface area contributed by atoms with E-state index in [0.29, 0.717) is 4.47 Å². The normalized spacial score (nSPS) is 17.4. The maximum atomic E-state index is 12.5. The molecule has 1 aliphatic carbocycles. The van der Waals surface area contributed by atoms with Crippen LogP contribution in [0.4, 0.5) is 13.2 Å². The van der Waals surface area contributed by atoms with Gasteiger partial charge < -0.3 is 4.74 Å². The number of hydrogen-bond acceptors (Lipinski definition) is 1. The molecule has 0 saturated heterocycles. The molecular weight excluding hydrogens is 297 g/mol. The summed E-state index contributed by atoms with van der Waals surface area (Å²) in [5, 5.41) is 0. The molecule has 1 nitrogen and oxygen atoms in total. The molecule has 17 heavy (non-hydrogen) atoms. The minimum absolute atomic E-state index is 0.0507. The van der Waals surface area contributed by atoms with Gasteiger partial charge in [0, 0.05) is 0 Å². The molecular formula is C12H12BrF3O. The second kappa shape index (κ2) is 4.88. The van der Waals surface area contributed by atoms with Crippen LogP contribution < -0.4 is 4.74 Å². The monoisotopic (exact) mass is 308 g/mol. The van der Waals surface area contributed by atoms with E-state index in [2.05, 4.69) is 15.9 Å². The van der Waals surface area contributed by atoms with E-state index in [9.17, 15) is 13.2 Å². The summed E-state index contributed by atoms with van der Waals surface area (Å²) in [5.41, 5.74) is -0.673. The van der Waals surface area contributed by atoms with Crippen molar-refractivity contribution in [3.63, 3.8) is 0 Å². The van der Waals surface area contributed by atoms with Crippen molar-refractivity contribution in [2.75, 3.05) is 0 Å². The van der Waals surface area contributed by atoms with Crippen LogP contribution >= 0.6 is 15.9 Å². The molecule has 2 rings (SSSR count). The van der Waals surface area contributed by atoms with Gasteiger partial charge in [-0.1, -0.05) is 0 Å². The average Bonchev–Trinajstić information content (AvgIpc) is 2.72. The van der Waals surface area contributed by atoms with Crippen LogP contribution in [-0.4, -0.2) is 6.10 Å². The van der Waals surface area contributed by atoms with Crippen LogP contribution in [0.25, 0.3) is 0 Å². The third-order valence-electron chi connectivity index (χ3n) is 2.85. The molecule has 1 aromatic rings. The van der Waals surface area contributed by atoms with E-state index in [-0.39, 0.29) is 11.9 Å². The van der Waals surface area contributed by atoms with Crippen LogP contribution in [0.5, 0.6) is 5.75 Å². The molecule has 0 amide bonds. The molecule has 0 aliphatic heterocycles. The molecule has 0 atom stereocenters. The second-order valence-corrected chi connectivity index (χ2v) is 5.02. The summed E-state index contributed by atoms with van der Waals surface area (Å²) in [7, 11) is 0. The van der Waals surface area contributed by atoms with Gasteiger partial charge in [0.05, 0.1) is 16.1 Å². The van der Waals surface area contributed by atoms with Crippen molar-refractivity contribution in [1.29, 1.82) is 0 Å². The van der Waals surface area contributed by atoms with E-state index in [1.807, 2.05) is 0 Å². The Labute approximate surface area is 106 Å². The lowest BCUT2D eigenvalue weighted by Gasteiger charge is -2.16. The largest absolute Gasteiger partial charge is 0.489 e. The number of rotatable bonds is 2. The summed E-state index contributed by atoms with van der Waals surface area (Å²) in [4.78, 5) is 0. The third kappa shape index (κ3) is 3.15. The van der Waals surface area contributed by atoms with E-state index in [4.69, 9.17) is 4.74 Å². The van der Waals surface area contributed by atoms with Crippen LogP contribution in [-0.2, 0) is 6.18 Å². The van der Waals surface area contributed by atoms with Crippen molar-refractivity contribution in [3.8, 4) is 5.75 Å². The van der Waals surface area contributed by atoms with Gasteiger partial charge in [-0.25, -0.2) is 0 Å². The minimum Gasteiger partial charge on any atom is -0.489 e. The van der Waals surface area contributed by atoms with E-state index in [1.165, 1.54) is 6.07 Å². The maximum Gasteiger partial charge on any atom is 0.416 e. The van der Waals surface area contributed by atoms with Crippen molar-refractivity contribution in [2.45, 2.75) is 38.0 Å². The van der Waals surface area contributed by atoms with E-state index >= 15 is 0 Å². The summed E-state index contributed by atoms with van der Waals surface area (Å²) >= 11 is 3.21. The van der Waals surface area contributed by atoms with Crippen LogP contribution in [0, 0.1) is 0 Å². The molecule has 0 spiro atoms. The Hall–Kier alpha value is -0.710. The van der Waals surface area contributed by atoms with Crippen LogP contribution in [0.2, 0.25) is 0 Å². The Kier molecular flexibility index (Phi) is 3.66. The highest BCUT2D eigenvalue weighted by Crippen LogP contribution is 2.36. The van der Waals surface area contributed by atoms with Crippen molar-refractivity contribution in [3.05, 3.63) is 28.2 Å². The van der Waals surface area contributed by atoms with Gasteiger partial charge in [-0.05, 0) is 59.8 Å². The highest BCUT2D eigenvalue weighted by atomic mass is 79.9. The van der Waals surface area contributed by atoms with Gasteiger partial charge in [-0.3, -0.25) is 0 Å². The van der Waals surface area contributed by atoms with Gasteiger partial charge in [0.1, 0.15) is 5.75 Å². The SMILES string of the molecule is FC(F)(F)c1ccc(Br)c(OC2CCCC2)c1. The first-order valence-electron chi connectivity index (χ1n) is 5.50. The fourth-order valence-electron chi connectivity index (χ4n) is 1.96. The van der Waals surface area contributed by atoms with E-state index in [0.717, 1.165) is 37.8 Å². The minimum atomic E-state index is -4.32. The smallest absolute Gasteiger partial charge is 0.416 e. The highest BCUT2D eigenvalue weighted by molar-refractivity contribution is 9.10. The number of benzene rings is 1. The molecule has 0 aromatic heterocycles. The molecule has 94 valence electrons. The molecule has 0 N–H and O–H groups in total. The summed E-state index contributed by atoms with van der Waals surface area (Å²) in [6.45, 7) is 0. The quantitative estimate of drug-likeness (QED) is 0.763. The van der Waals surface area contributed by atoms with Crippen LogP contribution in [0.1, 0.15) is 31.2 Å². The molecule has 1 fully saturated rings. The number of ether oxygens (including phenoxy) is 1. The highest BCUT2D eigenvalue weighted by Gasteiger charge is 2.31. The van der Waals surface area contributed by atoms with Crippen molar-refractivity contribution in [1.82, 2.24) is 0 Å². The fourth-order valence-corrected chi connectivity index (χ4v) is 2.30. The summed E-state index contributed by atoms with van der Waals surface area (Å²) in [6, 6.07) is 3.49. The Morgan fingerprint density at radius 1 is 1.18 bits per heavy atom. The van der Waals surface area contributed by atoms with Crippen LogP contribution in [0.15, 0.2) is 22.7 Å². The Morgan fingerprint density at radius 2 is 1.82 bits per heavy atom. The Bertz CT molecular complexity index is 397. The third-order valence-corrected chi connectivity index (χ3v) is 3.51. The van der Waals surface area contributed by atoms with Crippen molar-refractivity contribution >= 4 is 15.9 Å². The molecule has 1 aromatic carbocycles. The topological polar surface area (TPSA) is 9.23 Å². The second-order valence-electron chi connectivity index (χ2n) is 4.17. The number of halogens is 4. The molecule has 1 aliphatic rings. The first kappa shape index (κ1) is 12.7. The molecule has 5 heteroatoms. The zero-order valence-electron chi connectivity index (χ0n) is 9.06. The van der Waals surface area contributed by atoms with Gasteiger partial charge >= 0.3 is 6.18 Å². The Balaban J connectivity index is 2.20. The van der Waals surface area contributed by atoms with Crippen LogP contribution in [0.3, 0.4) is 0 Å². The van der Waals surface area contributed by atoms with Gasteiger partial charge in [0.25, 0.3) is 0 Å². The zero-order valence-corrected chi connectivity index (χ0v) is 10.6. The molecule has 0 bridgehead atoms. The lowest BCUT2D eigenvalue weighted by atomic mass is 10.2. The predicted molar refractivity (Wildman–Crippen MR) is 62.0 cm³/mol. The molecule has 0 radical (unpaired) electrons. The van der Waals surface area contributed by atoms with E-state index < -0.39 is 11.7 Å². The number of alkyl halides is 3. The van der Waals surface area contributed by atoms with Gasteiger partial charge in [0.15, 0.2) is 0 Å². The first-order chi connectivity index (χ1) is 7.97. The van der Waals surface area contributed by atoms with Gasteiger partial charge in [-0.2, -0.15) is 13.2 Å². The lowest BCUT2D eigenvalue weighted by Crippen LogP contribution is -2.12. The maximum absolute atomic E-state index is 12.5. The summed E-state index contributed by atoms with van der Waals surface area (Å²) in [5.74, 6) is 0.284. The first-order valence-corrected chi connectivity index (χ1v) is 6.29. The Morgan fingerprint density at radius 3 is 2.41 bits per heavy atom. The zero-order chi connectivity index (χ0) is 12.5. The molecule has 0 heterocycles. The molecule has 0 unspecified atom stereocenters. The van der Waals surface area contributed by atoms with Gasteiger partial charge in [-0.15, -0.1) is 0 Å². The molecule has 1 saturated carbocycles. The fraction of sp³-hybridized carbons (Fsp3) is 0.500. The number of hydrogen-bond donors (Lipinski definition) is 0. The lowest BCUT2D eigenvalue weighted by molar-refractivity contribution is -0.137. The predicted octanol–water partition coefficient (Wildman–Crippen LogP) is 4.79. The summed E-state index contributed by atoms with van der Waals surface area (Å²) < 4.78 is 43.8. The van der Waals surface area contributed by atoms with E-state index in [1.54, 1.807) is 0 Å². The van der Waals surface area contributed by atoms with Crippen molar-refractivity contribution in [2.24, 2.45) is 0 Å². The summed E-state index contributed by atoms with van der Waals surface area (Å²) in [6.07, 6.45) is -0.266. The van der Waals surface area contributed by atoms with Crippen molar-refractivity contribution < 1.29 is 17.9 Å².